The Kier molecular flexibility index (Phi) is 3.44. The first kappa shape index (κ1) is 14.6. The molecule has 0 aliphatic heterocycles. The molecule has 114 valence electrons. The van der Waals surface area contributed by atoms with Crippen LogP contribution in [0.1, 0.15) is 11.3 Å². The number of anilines is 2. The number of rotatable bonds is 2. The lowest BCUT2D eigenvalue weighted by atomic mass is 10.2. The van der Waals surface area contributed by atoms with E-state index < -0.39 is 11.7 Å². The number of hydrogen-bond donors (Lipinski definition) is 2. The highest BCUT2D eigenvalue weighted by Gasteiger charge is 2.33. The number of fused-ring (bicyclic) bond motifs is 1. The molecule has 22 heavy (non-hydrogen) atoms. The van der Waals surface area contributed by atoms with Crippen LogP contribution >= 0.6 is 11.6 Å². The van der Waals surface area contributed by atoms with E-state index >= 15 is 0 Å². The molecule has 0 saturated heterocycles. The van der Waals surface area contributed by atoms with Gasteiger partial charge in [0, 0.05) is 11.4 Å². The zero-order valence-electron chi connectivity index (χ0n) is 11.3. The van der Waals surface area contributed by atoms with E-state index in [1.165, 1.54) is 18.5 Å². The van der Waals surface area contributed by atoms with Gasteiger partial charge in [0.05, 0.1) is 16.0 Å². The molecule has 8 heteroatoms. The fourth-order valence-electron chi connectivity index (χ4n) is 2.13. The molecule has 0 amide bonds. The second-order valence-electron chi connectivity index (χ2n) is 4.75. The number of aromatic nitrogens is 3. The van der Waals surface area contributed by atoms with Crippen LogP contribution in [-0.2, 0) is 6.18 Å². The number of H-pyrrole nitrogens is 1. The van der Waals surface area contributed by atoms with Crippen LogP contribution in [0.2, 0.25) is 5.02 Å². The number of aromatic amines is 1. The summed E-state index contributed by atoms with van der Waals surface area (Å²) < 4.78 is 38.6. The van der Waals surface area contributed by atoms with Crippen LogP contribution in [0, 0.1) is 6.92 Å². The van der Waals surface area contributed by atoms with Crippen LogP contribution < -0.4 is 5.32 Å². The van der Waals surface area contributed by atoms with E-state index in [9.17, 15) is 13.2 Å². The number of hydrogen-bond acceptors (Lipinski definition) is 3. The normalized spacial score (nSPS) is 11.9. The molecule has 0 unspecified atom stereocenters. The molecule has 0 fully saturated rings. The molecule has 2 aromatic heterocycles. The van der Waals surface area contributed by atoms with Gasteiger partial charge in [-0.05, 0) is 31.2 Å². The molecule has 0 atom stereocenters. The zero-order chi connectivity index (χ0) is 15.9. The number of benzene rings is 1. The average Bonchev–Trinajstić information content (AvgIpc) is 2.81. The van der Waals surface area contributed by atoms with Crippen molar-refractivity contribution in [3.05, 3.63) is 46.9 Å². The molecule has 3 aromatic rings. The lowest BCUT2D eigenvalue weighted by Crippen LogP contribution is -2.06. The summed E-state index contributed by atoms with van der Waals surface area (Å²) in [7, 11) is 0. The first-order valence-electron chi connectivity index (χ1n) is 6.28. The number of nitrogens with zero attached hydrogens (tertiary/aromatic N) is 2. The van der Waals surface area contributed by atoms with Gasteiger partial charge in [0.25, 0.3) is 0 Å². The highest BCUT2D eigenvalue weighted by atomic mass is 35.5. The molecular weight excluding hydrogens is 317 g/mol. The smallest absolute Gasteiger partial charge is 0.343 e. The van der Waals surface area contributed by atoms with Crippen molar-refractivity contribution in [3.63, 3.8) is 0 Å². The Labute approximate surface area is 128 Å². The summed E-state index contributed by atoms with van der Waals surface area (Å²) in [6.07, 6.45) is -3.18. The summed E-state index contributed by atoms with van der Waals surface area (Å²) in [5, 5.41) is 3.22. The summed E-state index contributed by atoms with van der Waals surface area (Å²) in [4.78, 5) is 11.2. The van der Waals surface area contributed by atoms with Crippen molar-refractivity contribution < 1.29 is 13.2 Å². The molecule has 0 aliphatic carbocycles. The molecule has 0 saturated carbocycles. The van der Waals surface area contributed by atoms with Gasteiger partial charge in [-0.25, -0.2) is 9.97 Å². The minimum absolute atomic E-state index is 0.246. The van der Waals surface area contributed by atoms with Gasteiger partial charge in [0.2, 0.25) is 0 Å². The second kappa shape index (κ2) is 5.17. The number of alkyl halides is 3. The molecule has 4 nitrogen and oxygen atoms in total. The van der Waals surface area contributed by atoms with E-state index in [-0.39, 0.29) is 10.7 Å². The van der Waals surface area contributed by atoms with Gasteiger partial charge in [0.1, 0.15) is 17.8 Å². The first-order chi connectivity index (χ1) is 10.3. The topological polar surface area (TPSA) is 53.6 Å². The maximum atomic E-state index is 12.9. The molecular formula is C14H10ClF3N4. The van der Waals surface area contributed by atoms with Gasteiger partial charge >= 0.3 is 6.18 Å². The second-order valence-corrected chi connectivity index (χ2v) is 5.16. The standard InChI is InChI=1S/C14H10ClF3N4/c1-7-4-9-12(21-7)19-6-20-13(9)22-8-2-3-11(15)10(5-8)14(16,17)18/h2-6H,1H3,(H2,19,20,21,22). The first-order valence-corrected chi connectivity index (χ1v) is 6.66. The SMILES string of the molecule is Cc1cc2c(Nc3ccc(Cl)c(C(F)(F)F)c3)ncnc2[nH]1. The van der Waals surface area contributed by atoms with E-state index in [0.717, 1.165) is 11.8 Å². The van der Waals surface area contributed by atoms with Crippen molar-refractivity contribution in [1.29, 1.82) is 0 Å². The number of halogens is 4. The fourth-order valence-corrected chi connectivity index (χ4v) is 2.35. The van der Waals surface area contributed by atoms with Crippen LogP contribution in [0.25, 0.3) is 11.0 Å². The van der Waals surface area contributed by atoms with Crippen LogP contribution in [0.15, 0.2) is 30.6 Å². The third-order valence-electron chi connectivity index (χ3n) is 3.09. The molecule has 2 N–H and O–H groups in total. The Hall–Kier alpha value is -2.28. The van der Waals surface area contributed by atoms with Gasteiger partial charge in [-0.2, -0.15) is 13.2 Å². The molecule has 0 bridgehead atoms. The van der Waals surface area contributed by atoms with E-state index in [2.05, 4.69) is 20.3 Å². The van der Waals surface area contributed by atoms with Crippen molar-refractivity contribution in [2.75, 3.05) is 5.32 Å². The molecule has 2 heterocycles. The summed E-state index contributed by atoms with van der Waals surface area (Å²) in [5.41, 5.74) is 0.843. The largest absolute Gasteiger partial charge is 0.417 e. The Morgan fingerprint density at radius 1 is 1.18 bits per heavy atom. The predicted octanol–water partition coefficient (Wildman–Crippen LogP) is 4.68. The highest BCUT2D eigenvalue weighted by molar-refractivity contribution is 6.31. The van der Waals surface area contributed by atoms with E-state index in [4.69, 9.17) is 11.6 Å². The van der Waals surface area contributed by atoms with Crippen LogP contribution in [-0.4, -0.2) is 15.0 Å². The maximum Gasteiger partial charge on any atom is 0.417 e. The Morgan fingerprint density at radius 3 is 2.68 bits per heavy atom. The zero-order valence-corrected chi connectivity index (χ0v) is 12.0. The third-order valence-corrected chi connectivity index (χ3v) is 3.42. The molecule has 0 radical (unpaired) electrons. The van der Waals surface area contributed by atoms with Gasteiger partial charge in [-0.1, -0.05) is 11.6 Å². The van der Waals surface area contributed by atoms with E-state index in [0.29, 0.717) is 16.9 Å². The minimum atomic E-state index is -4.51. The monoisotopic (exact) mass is 326 g/mol. The molecule has 1 aromatic carbocycles. The van der Waals surface area contributed by atoms with Crippen LogP contribution in [0.5, 0.6) is 0 Å². The van der Waals surface area contributed by atoms with Gasteiger partial charge < -0.3 is 10.3 Å². The number of aryl methyl sites for hydroxylation is 1. The van der Waals surface area contributed by atoms with E-state index in [1.54, 1.807) is 0 Å². The quantitative estimate of drug-likeness (QED) is 0.718. The van der Waals surface area contributed by atoms with Crippen molar-refractivity contribution in [2.45, 2.75) is 13.1 Å². The predicted molar refractivity (Wildman–Crippen MR) is 78.4 cm³/mol. The average molecular weight is 327 g/mol. The molecule has 3 rings (SSSR count). The lowest BCUT2D eigenvalue weighted by Gasteiger charge is -2.12. The van der Waals surface area contributed by atoms with Gasteiger partial charge in [0.15, 0.2) is 0 Å². The number of nitrogens with one attached hydrogen (secondary N) is 2. The molecule has 0 aliphatic rings. The van der Waals surface area contributed by atoms with Gasteiger partial charge in [-0.15, -0.1) is 0 Å². The van der Waals surface area contributed by atoms with Crippen molar-refractivity contribution in [3.8, 4) is 0 Å². The molecule has 0 spiro atoms. The summed E-state index contributed by atoms with van der Waals surface area (Å²) in [6, 6.07) is 5.44. The highest BCUT2D eigenvalue weighted by Crippen LogP contribution is 2.37. The van der Waals surface area contributed by atoms with Gasteiger partial charge in [-0.3, -0.25) is 0 Å². The van der Waals surface area contributed by atoms with Crippen molar-refractivity contribution in [2.24, 2.45) is 0 Å². The lowest BCUT2D eigenvalue weighted by molar-refractivity contribution is -0.137. The summed E-state index contributed by atoms with van der Waals surface area (Å²) in [6.45, 7) is 1.86. The van der Waals surface area contributed by atoms with Crippen LogP contribution in [0.4, 0.5) is 24.7 Å². The van der Waals surface area contributed by atoms with Crippen molar-refractivity contribution in [1.82, 2.24) is 15.0 Å². The minimum Gasteiger partial charge on any atom is -0.343 e. The third kappa shape index (κ3) is 2.71. The van der Waals surface area contributed by atoms with Crippen LogP contribution in [0.3, 0.4) is 0 Å². The fraction of sp³-hybridized carbons (Fsp3) is 0.143. The van der Waals surface area contributed by atoms with Crippen molar-refractivity contribution >= 4 is 34.1 Å². The summed E-state index contributed by atoms with van der Waals surface area (Å²) >= 11 is 5.60. The summed E-state index contributed by atoms with van der Waals surface area (Å²) in [5.74, 6) is 0.421. The maximum absolute atomic E-state index is 12.9. The Morgan fingerprint density at radius 2 is 1.95 bits per heavy atom. The Bertz CT molecular complexity index is 842. The Balaban J connectivity index is 2.02. The van der Waals surface area contributed by atoms with E-state index in [1.807, 2.05) is 13.0 Å².